The lowest BCUT2D eigenvalue weighted by Gasteiger charge is -2.13. The van der Waals surface area contributed by atoms with E-state index < -0.39 is 5.82 Å². The van der Waals surface area contributed by atoms with Crippen molar-refractivity contribution < 1.29 is 9.13 Å². The predicted molar refractivity (Wildman–Crippen MR) is 80.3 cm³/mol. The molecule has 0 radical (unpaired) electrons. The zero-order valence-electron chi connectivity index (χ0n) is 11.9. The number of hydrogen-bond acceptors (Lipinski definition) is 5. The molecule has 7 heteroatoms. The Morgan fingerprint density at radius 3 is 2.71 bits per heavy atom. The smallest absolute Gasteiger partial charge is 0.251 e. The van der Waals surface area contributed by atoms with Gasteiger partial charge < -0.3 is 15.5 Å². The summed E-state index contributed by atoms with van der Waals surface area (Å²) in [6, 6.07) is 4.11. The summed E-state index contributed by atoms with van der Waals surface area (Å²) >= 11 is 1.15. The first-order valence-corrected chi connectivity index (χ1v) is 7.18. The van der Waals surface area contributed by atoms with Crippen LogP contribution in [0.5, 0.6) is 5.75 Å². The molecule has 21 heavy (non-hydrogen) atoms. The van der Waals surface area contributed by atoms with Crippen LogP contribution in [0, 0.1) is 12.7 Å². The minimum absolute atomic E-state index is 0.122. The Morgan fingerprint density at radius 2 is 2.10 bits per heavy atom. The van der Waals surface area contributed by atoms with Gasteiger partial charge in [0.05, 0.1) is 6.10 Å². The number of aromatic nitrogens is 2. The van der Waals surface area contributed by atoms with Crippen LogP contribution in [0.25, 0.3) is 0 Å². The Hall–Kier alpha value is -2.02. The highest BCUT2D eigenvalue weighted by Gasteiger charge is 2.13. The minimum Gasteiger partial charge on any atom is -0.488 e. The number of halogens is 1. The van der Waals surface area contributed by atoms with Gasteiger partial charge in [0.1, 0.15) is 0 Å². The highest BCUT2D eigenvalue weighted by Crippen LogP contribution is 2.34. The van der Waals surface area contributed by atoms with Crippen LogP contribution < -0.4 is 16.0 Å². The molecule has 0 aliphatic heterocycles. The highest BCUT2D eigenvalue weighted by molar-refractivity contribution is 7.99. The van der Waals surface area contributed by atoms with E-state index in [1.165, 1.54) is 18.2 Å². The number of aryl methyl sites for hydroxylation is 1. The van der Waals surface area contributed by atoms with Gasteiger partial charge in [-0.15, -0.1) is 0 Å². The third-order valence-electron chi connectivity index (χ3n) is 2.48. The van der Waals surface area contributed by atoms with Crippen molar-refractivity contribution in [2.75, 3.05) is 5.73 Å². The van der Waals surface area contributed by atoms with Crippen molar-refractivity contribution in [1.29, 1.82) is 0 Å². The van der Waals surface area contributed by atoms with E-state index in [2.05, 4.69) is 9.97 Å². The molecule has 0 spiro atoms. The van der Waals surface area contributed by atoms with Crippen LogP contribution in [0.15, 0.2) is 33.0 Å². The minimum atomic E-state index is -0.517. The summed E-state index contributed by atoms with van der Waals surface area (Å²) in [5.41, 5.74) is 6.42. The molecule has 0 saturated carbocycles. The number of benzene rings is 1. The molecule has 3 N–H and O–H groups in total. The monoisotopic (exact) mass is 309 g/mol. The van der Waals surface area contributed by atoms with Crippen LogP contribution in [0.3, 0.4) is 0 Å². The van der Waals surface area contributed by atoms with Crippen molar-refractivity contribution in [3.8, 4) is 5.75 Å². The van der Waals surface area contributed by atoms with Gasteiger partial charge in [-0.3, -0.25) is 4.79 Å². The van der Waals surface area contributed by atoms with Crippen LogP contribution in [0.1, 0.15) is 19.5 Å². The van der Waals surface area contributed by atoms with E-state index in [1.54, 1.807) is 6.92 Å². The molecule has 0 aliphatic carbocycles. The number of rotatable bonds is 4. The topological polar surface area (TPSA) is 81.0 Å². The fraction of sp³-hybridized carbons (Fsp3) is 0.286. The number of hydrogen-bond donors (Lipinski definition) is 2. The average molecular weight is 309 g/mol. The molecule has 0 aliphatic rings. The van der Waals surface area contributed by atoms with Gasteiger partial charge >= 0.3 is 0 Å². The van der Waals surface area contributed by atoms with E-state index in [0.717, 1.165) is 11.8 Å². The summed E-state index contributed by atoms with van der Waals surface area (Å²) in [5, 5.41) is 0.397. The van der Waals surface area contributed by atoms with Gasteiger partial charge in [0.15, 0.2) is 16.7 Å². The molecule has 2 aromatic rings. The number of nitrogens with two attached hydrogens (primary N) is 1. The van der Waals surface area contributed by atoms with Gasteiger partial charge in [-0.05, 0) is 38.6 Å². The maximum absolute atomic E-state index is 13.8. The number of nitrogens with zero attached hydrogens (tertiary/aromatic N) is 1. The summed E-state index contributed by atoms with van der Waals surface area (Å²) < 4.78 is 19.2. The maximum atomic E-state index is 13.8. The standard InChI is InChI=1S/C14H16FN3O2S/c1-7(2)20-11-6-12(10(16)5-9(11)15)21-14-17-8(3)4-13(19)18-14/h4-7H,16H2,1-3H3,(H,17,18,19). The van der Waals surface area contributed by atoms with Crippen molar-refractivity contribution in [1.82, 2.24) is 9.97 Å². The van der Waals surface area contributed by atoms with Gasteiger partial charge in [0, 0.05) is 28.4 Å². The highest BCUT2D eigenvalue weighted by atomic mass is 32.2. The number of H-pyrrole nitrogens is 1. The second kappa shape index (κ2) is 6.17. The van der Waals surface area contributed by atoms with Crippen LogP contribution in [-0.4, -0.2) is 16.1 Å². The maximum Gasteiger partial charge on any atom is 0.251 e. The first-order valence-electron chi connectivity index (χ1n) is 6.36. The number of aromatic amines is 1. The van der Waals surface area contributed by atoms with Crippen molar-refractivity contribution in [2.45, 2.75) is 36.9 Å². The van der Waals surface area contributed by atoms with Crippen molar-refractivity contribution in [2.24, 2.45) is 0 Å². The molecule has 0 saturated heterocycles. The molecule has 0 atom stereocenters. The molecule has 0 amide bonds. The van der Waals surface area contributed by atoms with Crippen LogP contribution in [0.2, 0.25) is 0 Å². The number of nitrogens with one attached hydrogen (secondary N) is 1. The summed E-state index contributed by atoms with van der Waals surface area (Å²) in [6.45, 7) is 5.34. The van der Waals surface area contributed by atoms with Crippen LogP contribution in [-0.2, 0) is 0 Å². The normalized spacial score (nSPS) is 10.9. The summed E-state index contributed by atoms with van der Waals surface area (Å²) in [5.74, 6) is -0.395. The van der Waals surface area contributed by atoms with E-state index in [4.69, 9.17) is 10.5 Å². The molecule has 5 nitrogen and oxygen atoms in total. The van der Waals surface area contributed by atoms with E-state index in [0.29, 0.717) is 15.7 Å². The van der Waals surface area contributed by atoms with Crippen molar-refractivity contribution >= 4 is 17.4 Å². The van der Waals surface area contributed by atoms with Gasteiger partial charge in [-0.2, -0.15) is 0 Å². The number of nitrogen functional groups attached to an aromatic ring is 1. The van der Waals surface area contributed by atoms with Gasteiger partial charge in [-0.25, -0.2) is 9.37 Å². The molecular formula is C14H16FN3O2S. The van der Waals surface area contributed by atoms with Gasteiger partial charge in [0.2, 0.25) is 0 Å². The lowest BCUT2D eigenvalue weighted by Crippen LogP contribution is -2.09. The Balaban J connectivity index is 2.36. The fourth-order valence-corrected chi connectivity index (χ4v) is 2.58. The third-order valence-corrected chi connectivity index (χ3v) is 3.44. The second-order valence-corrected chi connectivity index (χ2v) is 5.81. The van der Waals surface area contributed by atoms with E-state index >= 15 is 0 Å². The molecule has 0 unspecified atom stereocenters. The average Bonchev–Trinajstić information content (AvgIpc) is 2.33. The lowest BCUT2D eigenvalue weighted by atomic mass is 10.3. The molecule has 0 bridgehead atoms. The Kier molecular flexibility index (Phi) is 4.52. The van der Waals surface area contributed by atoms with Gasteiger partial charge in [0.25, 0.3) is 5.56 Å². The SMILES string of the molecule is Cc1cc(=O)[nH]c(Sc2cc(OC(C)C)c(F)cc2N)n1. The first kappa shape index (κ1) is 15.4. The van der Waals surface area contributed by atoms with Crippen LogP contribution in [0.4, 0.5) is 10.1 Å². The Labute approximate surface area is 125 Å². The van der Waals surface area contributed by atoms with Crippen molar-refractivity contribution in [3.05, 3.63) is 40.1 Å². The number of ether oxygens (including phenoxy) is 1. The summed E-state index contributed by atoms with van der Waals surface area (Å²) in [4.78, 5) is 18.8. The molecule has 1 aromatic heterocycles. The van der Waals surface area contributed by atoms with E-state index in [-0.39, 0.29) is 23.1 Å². The molecule has 112 valence electrons. The van der Waals surface area contributed by atoms with Crippen LogP contribution >= 0.6 is 11.8 Å². The van der Waals surface area contributed by atoms with E-state index in [1.807, 2.05) is 13.8 Å². The third kappa shape index (κ3) is 3.98. The fourth-order valence-electron chi connectivity index (χ4n) is 1.69. The molecule has 1 heterocycles. The lowest BCUT2D eigenvalue weighted by molar-refractivity contribution is 0.230. The summed E-state index contributed by atoms with van der Waals surface area (Å²) in [6.07, 6.45) is -0.155. The second-order valence-electron chi connectivity index (χ2n) is 4.78. The number of anilines is 1. The molecule has 1 aromatic carbocycles. The van der Waals surface area contributed by atoms with E-state index in [9.17, 15) is 9.18 Å². The summed E-state index contributed by atoms with van der Waals surface area (Å²) in [7, 11) is 0. The van der Waals surface area contributed by atoms with Gasteiger partial charge in [-0.1, -0.05) is 0 Å². The zero-order chi connectivity index (χ0) is 15.6. The molecule has 2 rings (SSSR count). The Bertz CT molecular complexity index is 716. The molecule has 0 fully saturated rings. The zero-order valence-corrected chi connectivity index (χ0v) is 12.8. The van der Waals surface area contributed by atoms with Crippen molar-refractivity contribution in [3.63, 3.8) is 0 Å². The molecular weight excluding hydrogens is 293 g/mol. The quantitative estimate of drug-likeness (QED) is 0.670. The largest absolute Gasteiger partial charge is 0.488 e. The first-order chi connectivity index (χ1) is 9.85. The predicted octanol–water partition coefficient (Wildman–Crippen LogP) is 2.74. The Morgan fingerprint density at radius 1 is 1.38 bits per heavy atom.